The Morgan fingerprint density at radius 2 is 2.00 bits per heavy atom. The average molecular weight is 352 g/mol. The number of thiazole rings is 1. The number of hydrogen-bond donors (Lipinski definition) is 1. The third-order valence-corrected chi connectivity index (χ3v) is 5.42. The Hall–Kier alpha value is -1.24. The molecule has 1 saturated heterocycles. The molecule has 1 N–H and O–H groups in total. The number of rotatable bonds is 4. The zero-order valence-corrected chi connectivity index (χ0v) is 15.3. The number of likely N-dealkylation sites (tertiary alicyclic amines) is 1. The lowest BCUT2D eigenvalue weighted by molar-refractivity contribution is 0.186. The van der Waals surface area contributed by atoms with E-state index in [-0.39, 0.29) is 5.28 Å². The van der Waals surface area contributed by atoms with Crippen LogP contribution in [-0.4, -0.2) is 32.9 Å². The van der Waals surface area contributed by atoms with Crippen molar-refractivity contribution < 1.29 is 0 Å². The van der Waals surface area contributed by atoms with E-state index < -0.39 is 0 Å². The monoisotopic (exact) mass is 351 g/mol. The molecule has 1 fully saturated rings. The lowest BCUT2D eigenvalue weighted by Gasteiger charge is -2.29. The van der Waals surface area contributed by atoms with Crippen molar-refractivity contribution in [1.29, 1.82) is 0 Å². The first-order valence-electron chi connectivity index (χ1n) is 7.96. The van der Waals surface area contributed by atoms with Gasteiger partial charge in [-0.25, -0.2) is 15.0 Å². The van der Waals surface area contributed by atoms with Gasteiger partial charge in [-0.15, -0.1) is 11.3 Å². The molecule has 124 valence electrons. The van der Waals surface area contributed by atoms with Gasteiger partial charge in [0.25, 0.3) is 0 Å². The van der Waals surface area contributed by atoms with Crippen LogP contribution in [0, 0.1) is 19.8 Å². The van der Waals surface area contributed by atoms with Crippen molar-refractivity contribution >= 4 is 33.9 Å². The number of anilines is 2. The summed E-state index contributed by atoms with van der Waals surface area (Å²) in [6.45, 7) is 9.66. The predicted octanol–water partition coefficient (Wildman–Crippen LogP) is 4.18. The Labute approximate surface area is 146 Å². The van der Waals surface area contributed by atoms with Crippen LogP contribution in [0.1, 0.15) is 36.0 Å². The summed E-state index contributed by atoms with van der Waals surface area (Å²) in [7, 11) is 0. The Kier molecular flexibility index (Phi) is 5.14. The van der Waals surface area contributed by atoms with E-state index in [9.17, 15) is 0 Å². The minimum atomic E-state index is 0.253. The molecule has 0 unspecified atom stereocenters. The molecule has 5 nitrogen and oxygen atoms in total. The van der Waals surface area contributed by atoms with Crippen molar-refractivity contribution in [2.24, 2.45) is 5.92 Å². The van der Waals surface area contributed by atoms with Crippen LogP contribution in [0.2, 0.25) is 5.28 Å². The highest BCUT2D eigenvalue weighted by molar-refractivity contribution is 7.15. The number of nitrogens with zero attached hydrogens (tertiary/aromatic N) is 4. The molecule has 1 aliphatic rings. The average Bonchev–Trinajstić information content (AvgIpc) is 2.80. The van der Waals surface area contributed by atoms with Gasteiger partial charge in [0, 0.05) is 23.2 Å². The van der Waals surface area contributed by atoms with Gasteiger partial charge in [0.2, 0.25) is 5.28 Å². The second-order valence-corrected chi connectivity index (χ2v) is 7.70. The smallest absolute Gasteiger partial charge is 0.224 e. The fourth-order valence-electron chi connectivity index (χ4n) is 2.76. The zero-order chi connectivity index (χ0) is 16.4. The van der Waals surface area contributed by atoms with Crippen LogP contribution in [0.3, 0.4) is 0 Å². The van der Waals surface area contributed by atoms with E-state index in [1.54, 1.807) is 11.3 Å². The largest absolute Gasteiger partial charge is 0.316 e. The maximum absolute atomic E-state index is 5.91. The van der Waals surface area contributed by atoms with Gasteiger partial charge < -0.3 is 5.32 Å². The maximum Gasteiger partial charge on any atom is 0.224 e. The summed E-state index contributed by atoms with van der Waals surface area (Å²) < 4.78 is 0. The zero-order valence-electron chi connectivity index (χ0n) is 13.8. The second kappa shape index (κ2) is 7.11. The Balaban J connectivity index is 1.68. The molecule has 2 aromatic rings. The molecule has 0 radical (unpaired) electrons. The van der Waals surface area contributed by atoms with E-state index >= 15 is 0 Å². The number of hydrogen-bond acceptors (Lipinski definition) is 6. The summed E-state index contributed by atoms with van der Waals surface area (Å²) in [6, 6.07) is 1.87. The van der Waals surface area contributed by atoms with Crippen molar-refractivity contribution in [1.82, 2.24) is 19.9 Å². The number of aryl methyl sites for hydroxylation is 2. The van der Waals surface area contributed by atoms with Gasteiger partial charge in [-0.05, 0) is 57.3 Å². The summed E-state index contributed by atoms with van der Waals surface area (Å²) in [5, 5.41) is 4.36. The summed E-state index contributed by atoms with van der Waals surface area (Å²) in [5.41, 5.74) is 1.93. The van der Waals surface area contributed by atoms with E-state index in [0.717, 1.165) is 29.0 Å². The second-order valence-electron chi connectivity index (χ2n) is 6.27. The van der Waals surface area contributed by atoms with E-state index in [0.29, 0.717) is 5.82 Å². The molecule has 0 atom stereocenters. The highest BCUT2D eigenvalue weighted by Gasteiger charge is 2.18. The molecular weight excluding hydrogens is 330 g/mol. The molecule has 0 bridgehead atoms. The van der Waals surface area contributed by atoms with Crippen LogP contribution in [0.5, 0.6) is 0 Å². The maximum atomic E-state index is 5.91. The van der Waals surface area contributed by atoms with Crippen molar-refractivity contribution in [3.63, 3.8) is 0 Å². The third-order valence-electron chi connectivity index (χ3n) is 4.20. The molecule has 7 heteroatoms. The molecule has 0 saturated carbocycles. The number of piperidine rings is 1. The van der Waals surface area contributed by atoms with Crippen molar-refractivity contribution in [2.75, 3.05) is 18.4 Å². The SMILES string of the molecule is Cc1cc(Nc2nc(C)c(CN3CCC(C)CC3)s2)nc(Cl)n1. The molecular formula is C16H22ClN5S. The van der Waals surface area contributed by atoms with Crippen LogP contribution in [0.15, 0.2) is 6.07 Å². The lowest BCUT2D eigenvalue weighted by Crippen LogP contribution is -2.32. The molecule has 0 amide bonds. The highest BCUT2D eigenvalue weighted by Crippen LogP contribution is 2.28. The van der Waals surface area contributed by atoms with E-state index in [2.05, 4.69) is 39.0 Å². The first-order chi connectivity index (χ1) is 11.0. The van der Waals surface area contributed by atoms with Gasteiger partial charge in [0.1, 0.15) is 5.82 Å². The standard InChI is InChI=1S/C16H22ClN5S/c1-10-4-6-22(7-5-10)9-13-12(3)19-16(23-13)21-14-8-11(2)18-15(17)20-14/h8,10H,4-7,9H2,1-3H3,(H,18,19,20,21). The molecule has 3 rings (SSSR count). The third kappa shape index (κ3) is 4.40. The topological polar surface area (TPSA) is 53.9 Å². The van der Waals surface area contributed by atoms with E-state index in [1.807, 2.05) is 13.0 Å². The van der Waals surface area contributed by atoms with Gasteiger partial charge in [0.15, 0.2) is 5.13 Å². The van der Waals surface area contributed by atoms with E-state index in [1.165, 1.54) is 30.8 Å². The van der Waals surface area contributed by atoms with E-state index in [4.69, 9.17) is 11.6 Å². The quantitative estimate of drug-likeness (QED) is 0.837. The molecule has 3 heterocycles. The highest BCUT2D eigenvalue weighted by atomic mass is 35.5. The fraction of sp³-hybridized carbons (Fsp3) is 0.562. The Bertz CT molecular complexity index is 659. The van der Waals surface area contributed by atoms with Crippen LogP contribution in [0.4, 0.5) is 10.9 Å². The van der Waals surface area contributed by atoms with Gasteiger partial charge >= 0.3 is 0 Å². The van der Waals surface area contributed by atoms with Gasteiger partial charge in [-0.1, -0.05) is 6.92 Å². The van der Waals surface area contributed by atoms with Crippen molar-refractivity contribution in [3.05, 3.63) is 27.6 Å². The first kappa shape index (κ1) is 16.6. The molecule has 1 aliphatic heterocycles. The van der Waals surface area contributed by atoms with Gasteiger partial charge in [-0.2, -0.15) is 0 Å². The summed E-state index contributed by atoms with van der Waals surface area (Å²) in [4.78, 5) is 16.7. The summed E-state index contributed by atoms with van der Waals surface area (Å²) in [6.07, 6.45) is 2.59. The number of halogens is 1. The van der Waals surface area contributed by atoms with Crippen LogP contribution >= 0.6 is 22.9 Å². The molecule has 0 aliphatic carbocycles. The van der Waals surface area contributed by atoms with Crippen molar-refractivity contribution in [2.45, 2.75) is 40.2 Å². The lowest BCUT2D eigenvalue weighted by atomic mass is 9.99. The molecule has 0 aromatic carbocycles. The Morgan fingerprint density at radius 1 is 1.26 bits per heavy atom. The summed E-state index contributed by atoms with van der Waals surface area (Å²) in [5.74, 6) is 1.55. The van der Waals surface area contributed by atoms with Crippen LogP contribution in [0.25, 0.3) is 0 Å². The predicted molar refractivity (Wildman–Crippen MR) is 95.6 cm³/mol. The molecule has 2 aromatic heterocycles. The minimum absolute atomic E-state index is 0.253. The van der Waals surface area contributed by atoms with Crippen LogP contribution < -0.4 is 5.32 Å². The first-order valence-corrected chi connectivity index (χ1v) is 9.16. The number of aromatic nitrogens is 3. The molecule has 0 spiro atoms. The van der Waals surface area contributed by atoms with Crippen molar-refractivity contribution in [3.8, 4) is 0 Å². The normalized spacial score (nSPS) is 16.7. The minimum Gasteiger partial charge on any atom is -0.316 e. The Morgan fingerprint density at radius 3 is 2.70 bits per heavy atom. The number of nitrogens with one attached hydrogen (secondary N) is 1. The van der Waals surface area contributed by atoms with Gasteiger partial charge in [-0.3, -0.25) is 4.90 Å². The fourth-order valence-corrected chi connectivity index (χ4v) is 3.99. The van der Waals surface area contributed by atoms with Crippen LogP contribution in [-0.2, 0) is 6.54 Å². The molecule has 23 heavy (non-hydrogen) atoms. The van der Waals surface area contributed by atoms with Gasteiger partial charge in [0.05, 0.1) is 5.69 Å². The summed E-state index contributed by atoms with van der Waals surface area (Å²) >= 11 is 7.60.